The number of aromatic hydroxyl groups is 1. The summed E-state index contributed by atoms with van der Waals surface area (Å²) in [6.07, 6.45) is -0.341. The van der Waals surface area contributed by atoms with Crippen molar-refractivity contribution in [2.75, 3.05) is 33.8 Å². The molecule has 3 aromatic carbocycles. The maximum Gasteiger partial charge on any atom is 0.410 e. The number of amides is 1. The molecule has 1 aliphatic rings. The highest BCUT2D eigenvalue weighted by atomic mass is 16.6. The minimum absolute atomic E-state index is 0.0350. The molecule has 1 N–H and O–H groups in total. The standard InChI is InChI=1S/C26H28N2O3/c1-27(2)14-15-28(17-19-8-7-9-20(29)16-19)26(30)31-18-25-23-12-5-3-10-21(23)22-11-4-6-13-24(22)25/h3-13,16,25,29H,14-15,17-18H2,1-2H3. The number of hydrogen-bond acceptors (Lipinski definition) is 4. The van der Waals surface area contributed by atoms with E-state index in [1.165, 1.54) is 22.3 Å². The van der Waals surface area contributed by atoms with Crippen molar-refractivity contribution in [3.05, 3.63) is 89.5 Å². The third-order valence-electron chi connectivity index (χ3n) is 5.70. The molecule has 0 radical (unpaired) electrons. The Balaban J connectivity index is 1.49. The molecule has 5 nitrogen and oxygen atoms in total. The van der Waals surface area contributed by atoms with Crippen molar-refractivity contribution in [1.82, 2.24) is 9.80 Å². The molecule has 4 rings (SSSR count). The van der Waals surface area contributed by atoms with Gasteiger partial charge in [-0.2, -0.15) is 0 Å². The van der Waals surface area contributed by atoms with Gasteiger partial charge in [0.2, 0.25) is 0 Å². The number of hydrogen-bond donors (Lipinski definition) is 1. The number of fused-ring (bicyclic) bond motifs is 3. The summed E-state index contributed by atoms with van der Waals surface area (Å²) in [5, 5.41) is 9.77. The molecule has 0 saturated heterocycles. The summed E-state index contributed by atoms with van der Waals surface area (Å²) in [6, 6.07) is 23.6. The Morgan fingerprint density at radius 1 is 0.903 bits per heavy atom. The van der Waals surface area contributed by atoms with Gasteiger partial charge in [-0.25, -0.2) is 4.79 Å². The molecule has 1 amide bonds. The summed E-state index contributed by atoms with van der Waals surface area (Å²) in [5.41, 5.74) is 5.69. The molecule has 0 saturated carbocycles. The highest BCUT2D eigenvalue weighted by Crippen LogP contribution is 2.44. The van der Waals surface area contributed by atoms with Gasteiger partial charge < -0.3 is 19.6 Å². The molecular formula is C26H28N2O3. The topological polar surface area (TPSA) is 53.0 Å². The molecule has 0 atom stereocenters. The zero-order chi connectivity index (χ0) is 21.8. The van der Waals surface area contributed by atoms with Crippen molar-refractivity contribution in [1.29, 1.82) is 0 Å². The fourth-order valence-corrected chi connectivity index (χ4v) is 4.12. The Morgan fingerprint density at radius 2 is 1.55 bits per heavy atom. The van der Waals surface area contributed by atoms with E-state index < -0.39 is 0 Å². The lowest BCUT2D eigenvalue weighted by molar-refractivity contribution is 0.0945. The number of phenolic OH excluding ortho intramolecular Hbond substituents is 1. The van der Waals surface area contributed by atoms with Gasteiger partial charge in [0, 0.05) is 25.6 Å². The zero-order valence-corrected chi connectivity index (χ0v) is 18.0. The van der Waals surface area contributed by atoms with Gasteiger partial charge in [0.15, 0.2) is 0 Å². The van der Waals surface area contributed by atoms with Crippen LogP contribution in [0.1, 0.15) is 22.6 Å². The van der Waals surface area contributed by atoms with E-state index in [-0.39, 0.29) is 17.8 Å². The number of nitrogens with zero attached hydrogens (tertiary/aromatic N) is 2. The number of ether oxygens (including phenoxy) is 1. The Hall–Kier alpha value is -3.31. The van der Waals surface area contributed by atoms with E-state index in [0.717, 1.165) is 12.1 Å². The first-order chi connectivity index (χ1) is 15.0. The number of carbonyl (C=O) groups is 1. The molecule has 0 fully saturated rings. The summed E-state index contributed by atoms with van der Waals surface area (Å²) >= 11 is 0. The van der Waals surface area contributed by atoms with E-state index in [9.17, 15) is 9.90 Å². The maximum absolute atomic E-state index is 13.0. The summed E-state index contributed by atoms with van der Waals surface area (Å²) in [4.78, 5) is 16.8. The Bertz CT molecular complexity index is 1020. The van der Waals surface area contributed by atoms with Crippen LogP contribution in [-0.4, -0.2) is 54.8 Å². The Morgan fingerprint density at radius 3 is 2.16 bits per heavy atom. The number of likely N-dealkylation sites (N-methyl/N-ethyl adjacent to an activating group) is 1. The molecule has 0 spiro atoms. The average molecular weight is 417 g/mol. The SMILES string of the molecule is CN(C)CCN(Cc1cccc(O)c1)C(=O)OCC1c2ccccc2-c2ccccc21. The van der Waals surface area contributed by atoms with Crippen molar-refractivity contribution < 1.29 is 14.6 Å². The smallest absolute Gasteiger partial charge is 0.410 e. The van der Waals surface area contributed by atoms with Crippen LogP contribution in [0.2, 0.25) is 0 Å². The molecule has 1 aliphatic carbocycles. The third-order valence-corrected chi connectivity index (χ3v) is 5.70. The lowest BCUT2D eigenvalue weighted by atomic mass is 9.98. The van der Waals surface area contributed by atoms with Crippen molar-refractivity contribution in [2.45, 2.75) is 12.5 Å². The molecular weight excluding hydrogens is 388 g/mol. The minimum atomic E-state index is -0.341. The average Bonchev–Trinajstić information content (AvgIpc) is 3.09. The fourth-order valence-electron chi connectivity index (χ4n) is 4.12. The van der Waals surface area contributed by atoms with Gasteiger partial charge in [-0.05, 0) is 54.0 Å². The molecule has 0 aliphatic heterocycles. The molecule has 5 heteroatoms. The van der Waals surface area contributed by atoms with Gasteiger partial charge in [-0.15, -0.1) is 0 Å². The van der Waals surface area contributed by atoms with Gasteiger partial charge in [0.05, 0.1) is 0 Å². The van der Waals surface area contributed by atoms with Gasteiger partial charge >= 0.3 is 6.09 Å². The highest BCUT2D eigenvalue weighted by Gasteiger charge is 2.29. The van der Waals surface area contributed by atoms with E-state index >= 15 is 0 Å². The van der Waals surface area contributed by atoms with Crippen molar-refractivity contribution in [2.24, 2.45) is 0 Å². The number of carbonyl (C=O) groups excluding carboxylic acids is 1. The number of phenols is 1. The number of rotatable bonds is 7. The second-order valence-corrected chi connectivity index (χ2v) is 8.20. The van der Waals surface area contributed by atoms with Crippen LogP contribution >= 0.6 is 0 Å². The Labute approximate surface area is 183 Å². The molecule has 3 aromatic rings. The lowest BCUT2D eigenvalue weighted by Gasteiger charge is -2.25. The van der Waals surface area contributed by atoms with Gasteiger partial charge in [-0.1, -0.05) is 60.7 Å². The molecule has 0 bridgehead atoms. The summed E-state index contributed by atoms with van der Waals surface area (Å²) in [5.74, 6) is 0.227. The van der Waals surface area contributed by atoms with Gasteiger partial charge in [-0.3, -0.25) is 0 Å². The second-order valence-electron chi connectivity index (χ2n) is 8.20. The zero-order valence-electron chi connectivity index (χ0n) is 18.0. The maximum atomic E-state index is 13.0. The molecule has 0 unspecified atom stereocenters. The molecule has 31 heavy (non-hydrogen) atoms. The first kappa shape index (κ1) is 20.9. The van der Waals surface area contributed by atoms with E-state index in [4.69, 9.17) is 4.74 Å². The Kier molecular flexibility index (Phi) is 6.23. The van der Waals surface area contributed by atoms with E-state index in [2.05, 4.69) is 24.3 Å². The summed E-state index contributed by atoms with van der Waals surface area (Å²) < 4.78 is 5.84. The first-order valence-corrected chi connectivity index (χ1v) is 10.6. The van der Waals surface area contributed by atoms with Crippen LogP contribution < -0.4 is 0 Å². The van der Waals surface area contributed by atoms with E-state index in [1.54, 1.807) is 23.1 Å². The van der Waals surface area contributed by atoms with E-state index in [0.29, 0.717) is 19.7 Å². The minimum Gasteiger partial charge on any atom is -0.508 e. The van der Waals surface area contributed by atoms with Crippen LogP contribution in [0, 0.1) is 0 Å². The van der Waals surface area contributed by atoms with Gasteiger partial charge in [0.1, 0.15) is 12.4 Å². The highest BCUT2D eigenvalue weighted by molar-refractivity contribution is 5.79. The van der Waals surface area contributed by atoms with E-state index in [1.807, 2.05) is 49.3 Å². The monoisotopic (exact) mass is 416 g/mol. The van der Waals surface area contributed by atoms with Gasteiger partial charge in [0.25, 0.3) is 0 Å². The summed E-state index contributed by atoms with van der Waals surface area (Å²) in [7, 11) is 3.95. The molecule has 0 aromatic heterocycles. The quantitative estimate of drug-likeness (QED) is 0.606. The summed E-state index contributed by atoms with van der Waals surface area (Å²) in [6.45, 7) is 1.95. The van der Waals surface area contributed by atoms with Crippen LogP contribution in [0.4, 0.5) is 4.79 Å². The van der Waals surface area contributed by atoms with Crippen LogP contribution in [-0.2, 0) is 11.3 Å². The molecule has 160 valence electrons. The second kappa shape index (κ2) is 9.23. The van der Waals surface area contributed by atoms with Crippen LogP contribution in [0.25, 0.3) is 11.1 Å². The predicted molar refractivity (Wildman–Crippen MR) is 122 cm³/mol. The lowest BCUT2D eigenvalue weighted by Crippen LogP contribution is -2.37. The fraction of sp³-hybridized carbons (Fsp3) is 0.269. The normalized spacial score (nSPS) is 12.5. The number of benzene rings is 3. The van der Waals surface area contributed by atoms with Crippen LogP contribution in [0.5, 0.6) is 5.75 Å². The van der Waals surface area contributed by atoms with Crippen LogP contribution in [0.3, 0.4) is 0 Å². The third kappa shape index (κ3) is 4.72. The predicted octanol–water partition coefficient (Wildman–Crippen LogP) is 4.70. The van der Waals surface area contributed by atoms with Crippen molar-refractivity contribution >= 4 is 6.09 Å². The van der Waals surface area contributed by atoms with Crippen molar-refractivity contribution in [3.8, 4) is 16.9 Å². The largest absolute Gasteiger partial charge is 0.508 e. The first-order valence-electron chi connectivity index (χ1n) is 10.6. The molecule has 0 heterocycles. The van der Waals surface area contributed by atoms with Crippen molar-refractivity contribution in [3.63, 3.8) is 0 Å². The van der Waals surface area contributed by atoms with Crippen LogP contribution in [0.15, 0.2) is 72.8 Å².